The molecule has 2 saturated heterocycles. The number of likely N-dealkylation sites (tertiary alicyclic amines) is 1. The topological polar surface area (TPSA) is 79.4 Å². The Balaban J connectivity index is 1.63. The van der Waals surface area contributed by atoms with Crippen molar-refractivity contribution in [2.24, 2.45) is 0 Å². The van der Waals surface area contributed by atoms with Gasteiger partial charge in [-0.2, -0.15) is 8.42 Å². The van der Waals surface area contributed by atoms with E-state index in [-0.39, 0.29) is 12.7 Å². The molecule has 1 amide bonds. The fraction of sp³-hybridized carbons (Fsp3) is 0.933. The molecule has 0 atom stereocenters. The van der Waals surface area contributed by atoms with E-state index in [1.807, 2.05) is 20.8 Å². The summed E-state index contributed by atoms with van der Waals surface area (Å²) < 4.78 is 32.0. The van der Waals surface area contributed by atoms with Gasteiger partial charge in [-0.25, -0.2) is 4.79 Å². The molecule has 0 aliphatic carbocycles. The van der Waals surface area contributed by atoms with Gasteiger partial charge in [0.2, 0.25) is 0 Å². The lowest BCUT2D eigenvalue weighted by atomic mass is 10.1. The van der Waals surface area contributed by atoms with Crippen molar-refractivity contribution in [3.63, 3.8) is 0 Å². The van der Waals surface area contributed by atoms with E-state index in [1.165, 1.54) is 0 Å². The molecule has 2 rings (SSSR count). The molecule has 2 fully saturated rings. The molecule has 9 heteroatoms. The number of carbonyl (C=O) groups is 1. The predicted octanol–water partition coefficient (Wildman–Crippen LogP) is 0.200. The molecule has 0 aromatic heterocycles. The Labute approximate surface area is 144 Å². The number of rotatable bonds is 5. The number of nitrogens with zero attached hydrogens (tertiary/aromatic N) is 3. The van der Waals surface area contributed by atoms with Crippen molar-refractivity contribution >= 4 is 16.2 Å². The summed E-state index contributed by atoms with van der Waals surface area (Å²) in [5.41, 5.74) is -0.457. The lowest BCUT2D eigenvalue weighted by Crippen LogP contribution is -2.64. The molecule has 0 spiro atoms. The van der Waals surface area contributed by atoms with Gasteiger partial charge in [-0.3, -0.25) is 14.0 Å². The van der Waals surface area contributed by atoms with Crippen molar-refractivity contribution in [1.29, 1.82) is 0 Å². The maximum Gasteiger partial charge on any atom is 0.410 e. The molecule has 2 aliphatic heterocycles. The molecule has 0 aromatic carbocycles. The Morgan fingerprint density at radius 1 is 1.12 bits per heavy atom. The normalized spacial score (nSPS) is 21.6. The molecular formula is C15H29N3O5S. The first-order valence-corrected chi connectivity index (χ1v) is 10.1. The van der Waals surface area contributed by atoms with Crippen LogP contribution in [-0.4, -0.2) is 99.5 Å². The van der Waals surface area contributed by atoms with Crippen molar-refractivity contribution in [1.82, 2.24) is 14.7 Å². The number of carbonyl (C=O) groups excluding carboxylic acids is 1. The summed E-state index contributed by atoms with van der Waals surface area (Å²) in [6.07, 6.45) is 0.827. The van der Waals surface area contributed by atoms with Gasteiger partial charge >= 0.3 is 6.09 Å². The van der Waals surface area contributed by atoms with E-state index in [4.69, 9.17) is 8.92 Å². The number of amides is 1. The summed E-state index contributed by atoms with van der Waals surface area (Å²) in [5, 5.41) is 0. The van der Waals surface area contributed by atoms with Gasteiger partial charge in [0.15, 0.2) is 0 Å². The van der Waals surface area contributed by atoms with Gasteiger partial charge in [0, 0.05) is 51.9 Å². The SMILES string of the molecule is CC(C)(C)OC(=O)N1CC(N2CCN(CCOS(C)(=O)=O)CC2)C1. The number of hydrogen-bond donors (Lipinski definition) is 0. The van der Waals surface area contributed by atoms with Crippen LogP contribution in [0.3, 0.4) is 0 Å². The van der Waals surface area contributed by atoms with Gasteiger partial charge in [-0.1, -0.05) is 0 Å². The van der Waals surface area contributed by atoms with Crippen LogP contribution < -0.4 is 0 Å². The zero-order chi connectivity index (χ0) is 18.0. The Kier molecular flexibility index (Phi) is 6.11. The Hall–Kier alpha value is -0.900. The van der Waals surface area contributed by atoms with Gasteiger partial charge in [-0.15, -0.1) is 0 Å². The summed E-state index contributed by atoms with van der Waals surface area (Å²) in [6, 6.07) is 0.395. The van der Waals surface area contributed by atoms with Gasteiger partial charge in [0.1, 0.15) is 5.60 Å². The minimum atomic E-state index is -3.36. The van der Waals surface area contributed by atoms with Crippen molar-refractivity contribution in [2.45, 2.75) is 32.4 Å². The van der Waals surface area contributed by atoms with Gasteiger partial charge < -0.3 is 9.64 Å². The summed E-state index contributed by atoms with van der Waals surface area (Å²) in [4.78, 5) is 18.3. The third-order valence-electron chi connectivity index (χ3n) is 4.14. The van der Waals surface area contributed by atoms with Crippen molar-refractivity contribution < 1.29 is 22.1 Å². The second kappa shape index (κ2) is 7.55. The van der Waals surface area contributed by atoms with Crippen LogP contribution in [0.25, 0.3) is 0 Å². The first-order valence-electron chi connectivity index (χ1n) is 8.32. The fourth-order valence-corrected chi connectivity index (χ4v) is 3.21. The van der Waals surface area contributed by atoms with Crippen molar-refractivity contribution in [3.8, 4) is 0 Å². The summed E-state index contributed by atoms with van der Waals surface area (Å²) >= 11 is 0. The molecule has 8 nitrogen and oxygen atoms in total. The highest BCUT2D eigenvalue weighted by atomic mass is 32.2. The minimum absolute atomic E-state index is 0.203. The molecule has 0 N–H and O–H groups in total. The highest BCUT2D eigenvalue weighted by Crippen LogP contribution is 2.20. The number of hydrogen-bond acceptors (Lipinski definition) is 7. The zero-order valence-electron chi connectivity index (χ0n) is 15.0. The molecule has 0 bridgehead atoms. The predicted molar refractivity (Wildman–Crippen MR) is 90.4 cm³/mol. The molecule has 140 valence electrons. The lowest BCUT2D eigenvalue weighted by Gasteiger charge is -2.48. The smallest absolute Gasteiger partial charge is 0.410 e. The van der Waals surface area contributed by atoms with Crippen LogP contribution in [0, 0.1) is 0 Å². The molecular weight excluding hydrogens is 334 g/mol. The van der Waals surface area contributed by atoms with E-state index < -0.39 is 15.7 Å². The second-order valence-corrected chi connectivity index (χ2v) is 9.09. The molecule has 0 radical (unpaired) electrons. The van der Waals surface area contributed by atoms with Crippen LogP contribution in [-0.2, 0) is 19.0 Å². The zero-order valence-corrected chi connectivity index (χ0v) is 15.8. The second-order valence-electron chi connectivity index (χ2n) is 7.44. The number of ether oxygens (including phenoxy) is 1. The van der Waals surface area contributed by atoms with E-state index >= 15 is 0 Å². The van der Waals surface area contributed by atoms with Crippen LogP contribution in [0.5, 0.6) is 0 Å². The van der Waals surface area contributed by atoms with Crippen LogP contribution in [0.4, 0.5) is 4.79 Å². The summed E-state index contributed by atoms with van der Waals surface area (Å²) in [7, 11) is -3.36. The van der Waals surface area contributed by atoms with Gasteiger partial charge in [0.25, 0.3) is 10.1 Å². The highest BCUT2D eigenvalue weighted by Gasteiger charge is 2.37. The minimum Gasteiger partial charge on any atom is -0.444 e. The fourth-order valence-electron chi connectivity index (χ4n) is 2.83. The Bertz CT molecular complexity index is 532. The van der Waals surface area contributed by atoms with Crippen molar-refractivity contribution in [3.05, 3.63) is 0 Å². The average molecular weight is 363 g/mol. The van der Waals surface area contributed by atoms with Crippen LogP contribution in [0.15, 0.2) is 0 Å². The third-order valence-corrected chi connectivity index (χ3v) is 4.74. The third kappa shape index (κ3) is 6.19. The number of piperazine rings is 1. The van der Waals surface area contributed by atoms with E-state index in [2.05, 4.69) is 9.80 Å². The molecule has 0 aromatic rings. The quantitative estimate of drug-likeness (QED) is 0.646. The molecule has 24 heavy (non-hydrogen) atoms. The van der Waals surface area contributed by atoms with Crippen molar-refractivity contribution in [2.75, 3.05) is 58.7 Å². The maximum atomic E-state index is 11.9. The standard InChI is InChI=1S/C15H29N3O5S/c1-15(2,3)23-14(19)18-11-13(12-18)17-7-5-16(6-8-17)9-10-22-24(4,20)21/h13H,5-12H2,1-4H3. The van der Waals surface area contributed by atoms with E-state index in [1.54, 1.807) is 4.90 Å². The van der Waals surface area contributed by atoms with E-state index in [0.717, 1.165) is 32.4 Å². The first kappa shape index (κ1) is 19.4. The monoisotopic (exact) mass is 363 g/mol. The molecule has 0 saturated carbocycles. The highest BCUT2D eigenvalue weighted by molar-refractivity contribution is 7.85. The van der Waals surface area contributed by atoms with Gasteiger partial charge in [-0.05, 0) is 20.8 Å². The largest absolute Gasteiger partial charge is 0.444 e. The molecule has 2 heterocycles. The lowest BCUT2D eigenvalue weighted by molar-refractivity contribution is -0.0253. The summed E-state index contributed by atoms with van der Waals surface area (Å²) in [5.74, 6) is 0. The van der Waals surface area contributed by atoms with E-state index in [9.17, 15) is 13.2 Å². The first-order chi connectivity index (χ1) is 11.0. The van der Waals surface area contributed by atoms with Crippen LogP contribution in [0.1, 0.15) is 20.8 Å². The maximum absolute atomic E-state index is 11.9. The Morgan fingerprint density at radius 3 is 2.21 bits per heavy atom. The van der Waals surface area contributed by atoms with Crippen LogP contribution in [0.2, 0.25) is 0 Å². The van der Waals surface area contributed by atoms with E-state index in [0.29, 0.717) is 25.7 Å². The molecule has 0 unspecified atom stereocenters. The average Bonchev–Trinajstić information content (AvgIpc) is 2.35. The van der Waals surface area contributed by atoms with Crippen LogP contribution >= 0.6 is 0 Å². The molecule has 2 aliphatic rings. The Morgan fingerprint density at radius 2 is 1.71 bits per heavy atom. The van der Waals surface area contributed by atoms with Gasteiger partial charge in [0.05, 0.1) is 12.9 Å². The summed E-state index contributed by atoms with van der Waals surface area (Å²) in [6.45, 7) is 11.5.